The van der Waals surface area contributed by atoms with Crippen LogP contribution in [0.2, 0.25) is 10.0 Å². The lowest BCUT2D eigenvalue weighted by molar-refractivity contribution is -0.139. The number of aromatic nitrogens is 3. The molecule has 0 saturated carbocycles. The van der Waals surface area contributed by atoms with Crippen LogP contribution in [0.15, 0.2) is 91.1 Å². The summed E-state index contributed by atoms with van der Waals surface area (Å²) in [5.74, 6) is -1.79. The molecule has 5 rings (SSSR count). The standard InChI is InChI=1S/C28H20Cl2N4O3/c29-19-13-11-18(12-14-19)25-23-24(30)21(16-31-26(23)34(33-25)20-9-5-2-6-10-20)27(35)32-22(28(36)37)15-17-7-3-1-4-8-17/h1-14,16,22H,15H2,(H,32,35)(H,36,37). The van der Waals surface area contributed by atoms with E-state index >= 15 is 0 Å². The van der Waals surface area contributed by atoms with Crippen LogP contribution in [0.5, 0.6) is 0 Å². The number of nitrogens with zero attached hydrogens (tertiary/aromatic N) is 3. The summed E-state index contributed by atoms with van der Waals surface area (Å²) in [4.78, 5) is 29.7. The van der Waals surface area contributed by atoms with Crippen LogP contribution < -0.4 is 5.32 Å². The molecule has 1 amide bonds. The van der Waals surface area contributed by atoms with E-state index in [2.05, 4.69) is 10.3 Å². The van der Waals surface area contributed by atoms with E-state index in [0.29, 0.717) is 21.7 Å². The number of fused-ring (bicyclic) bond motifs is 1. The number of nitrogens with one attached hydrogen (secondary N) is 1. The van der Waals surface area contributed by atoms with Crippen LogP contribution in [0.4, 0.5) is 0 Å². The quantitative estimate of drug-likeness (QED) is 0.276. The molecule has 0 spiro atoms. The van der Waals surface area contributed by atoms with Crippen LogP contribution in [0.1, 0.15) is 15.9 Å². The van der Waals surface area contributed by atoms with E-state index < -0.39 is 17.9 Å². The van der Waals surface area contributed by atoms with Crippen LogP contribution in [-0.2, 0) is 11.2 Å². The molecule has 1 atom stereocenters. The Labute approximate surface area is 222 Å². The summed E-state index contributed by atoms with van der Waals surface area (Å²) in [6.45, 7) is 0. The van der Waals surface area contributed by atoms with E-state index in [0.717, 1.165) is 16.8 Å². The number of rotatable bonds is 7. The van der Waals surface area contributed by atoms with Gasteiger partial charge >= 0.3 is 5.97 Å². The van der Waals surface area contributed by atoms with Gasteiger partial charge in [0.1, 0.15) is 11.7 Å². The number of para-hydroxylation sites is 1. The fourth-order valence-electron chi connectivity index (χ4n) is 4.05. The third-order valence-corrected chi connectivity index (χ3v) is 6.53. The Balaban J connectivity index is 1.58. The number of hydrogen-bond acceptors (Lipinski definition) is 4. The molecule has 0 bridgehead atoms. The second kappa shape index (κ2) is 10.4. The van der Waals surface area contributed by atoms with Crippen molar-refractivity contribution in [2.24, 2.45) is 0 Å². The molecule has 2 N–H and O–H groups in total. The number of benzene rings is 3. The smallest absolute Gasteiger partial charge is 0.326 e. The van der Waals surface area contributed by atoms with Crippen molar-refractivity contribution < 1.29 is 14.7 Å². The third-order valence-electron chi connectivity index (χ3n) is 5.88. The van der Waals surface area contributed by atoms with Crippen LogP contribution in [-0.4, -0.2) is 37.8 Å². The monoisotopic (exact) mass is 530 g/mol. The maximum Gasteiger partial charge on any atom is 0.326 e. The van der Waals surface area contributed by atoms with Crippen LogP contribution >= 0.6 is 23.2 Å². The van der Waals surface area contributed by atoms with E-state index in [1.807, 2.05) is 60.7 Å². The predicted molar refractivity (Wildman–Crippen MR) is 143 cm³/mol. The van der Waals surface area contributed by atoms with Gasteiger partial charge in [-0.15, -0.1) is 0 Å². The summed E-state index contributed by atoms with van der Waals surface area (Å²) in [7, 11) is 0. The summed E-state index contributed by atoms with van der Waals surface area (Å²) >= 11 is 12.9. The first-order valence-electron chi connectivity index (χ1n) is 11.4. The third kappa shape index (κ3) is 5.05. The Morgan fingerprint density at radius 1 is 0.919 bits per heavy atom. The highest BCUT2D eigenvalue weighted by Gasteiger charge is 2.26. The minimum absolute atomic E-state index is 0.0521. The molecule has 0 radical (unpaired) electrons. The second-order valence-electron chi connectivity index (χ2n) is 8.34. The normalized spacial score (nSPS) is 11.8. The number of pyridine rings is 1. The molecule has 0 fully saturated rings. The van der Waals surface area contributed by atoms with E-state index in [9.17, 15) is 14.7 Å². The molecule has 5 aromatic rings. The number of aliphatic carboxylic acids is 1. The molecule has 1 unspecified atom stereocenters. The summed E-state index contributed by atoms with van der Waals surface area (Å²) in [6, 6.07) is 24.4. The minimum Gasteiger partial charge on any atom is -0.480 e. The first-order valence-corrected chi connectivity index (χ1v) is 12.1. The van der Waals surface area contributed by atoms with Gasteiger partial charge in [-0.2, -0.15) is 5.10 Å². The van der Waals surface area contributed by atoms with Crippen LogP contribution in [0.25, 0.3) is 28.0 Å². The molecule has 0 aliphatic heterocycles. The number of hydrogen-bond donors (Lipinski definition) is 2. The Bertz CT molecular complexity index is 1590. The lowest BCUT2D eigenvalue weighted by Crippen LogP contribution is -2.42. The highest BCUT2D eigenvalue weighted by Crippen LogP contribution is 2.36. The highest BCUT2D eigenvalue weighted by molar-refractivity contribution is 6.39. The summed E-state index contributed by atoms with van der Waals surface area (Å²) in [5.41, 5.74) is 3.30. The highest BCUT2D eigenvalue weighted by atomic mass is 35.5. The molecule has 9 heteroatoms. The number of carboxylic acids is 1. The van der Waals surface area contributed by atoms with Gasteiger partial charge in [-0.05, 0) is 29.8 Å². The predicted octanol–water partition coefficient (Wildman–Crippen LogP) is 5.82. The molecular formula is C28H20Cl2N4O3. The molecule has 37 heavy (non-hydrogen) atoms. The lowest BCUT2D eigenvalue weighted by Gasteiger charge is -2.15. The number of amides is 1. The van der Waals surface area contributed by atoms with Gasteiger partial charge < -0.3 is 10.4 Å². The molecule has 0 aliphatic rings. The van der Waals surface area contributed by atoms with E-state index in [4.69, 9.17) is 28.3 Å². The molecule has 184 valence electrons. The van der Waals surface area contributed by atoms with Gasteiger partial charge in [0.15, 0.2) is 5.65 Å². The number of carbonyl (C=O) groups is 2. The van der Waals surface area contributed by atoms with Crippen molar-refractivity contribution in [1.82, 2.24) is 20.1 Å². The van der Waals surface area contributed by atoms with Crippen LogP contribution in [0.3, 0.4) is 0 Å². The molecule has 7 nitrogen and oxygen atoms in total. The Hall–Kier alpha value is -4.20. The number of halogens is 2. The van der Waals surface area contributed by atoms with Gasteiger partial charge in [0, 0.05) is 23.2 Å². The van der Waals surface area contributed by atoms with Gasteiger partial charge in [0.25, 0.3) is 5.91 Å². The zero-order valence-electron chi connectivity index (χ0n) is 19.3. The Morgan fingerprint density at radius 2 is 1.57 bits per heavy atom. The van der Waals surface area contributed by atoms with Crippen molar-refractivity contribution in [2.45, 2.75) is 12.5 Å². The maximum atomic E-state index is 13.2. The SMILES string of the molecule is O=C(NC(Cc1ccccc1)C(=O)O)c1cnc2c(c(-c3ccc(Cl)cc3)nn2-c2ccccc2)c1Cl. The van der Waals surface area contributed by atoms with Crippen molar-refractivity contribution in [2.75, 3.05) is 0 Å². The first-order chi connectivity index (χ1) is 17.9. The lowest BCUT2D eigenvalue weighted by atomic mass is 10.0. The van der Waals surface area contributed by atoms with E-state index in [-0.39, 0.29) is 17.0 Å². The van der Waals surface area contributed by atoms with Gasteiger partial charge in [-0.3, -0.25) is 4.79 Å². The fraction of sp³-hybridized carbons (Fsp3) is 0.0714. The number of carboxylic acid groups (broad SMARTS) is 1. The van der Waals surface area contributed by atoms with E-state index in [1.165, 1.54) is 6.20 Å². The van der Waals surface area contributed by atoms with Crippen molar-refractivity contribution in [3.8, 4) is 16.9 Å². The van der Waals surface area contributed by atoms with E-state index in [1.54, 1.807) is 28.9 Å². The van der Waals surface area contributed by atoms with Crippen molar-refractivity contribution in [3.05, 3.63) is 112 Å². The maximum absolute atomic E-state index is 13.2. The van der Waals surface area contributed by atoms with Gasteiger partial charge in [-0.25, -0.2) is 14.5 Å². The molecule has 0 saturated heterocycles. The van der Waals surface area contributed by atoms with Gasteiger partial charge in [-0.1, -0.05) is 83.9 Å². The molecule has 3 aromatic carbocycles. The average molecular weight is 531 g/mol. The molecule has 0 aliphatic carbocycles. The van der Waals surface area contributed by atoms with Gasteiger partial charge in [0.2, 0.25) is 0 Å². The van der Waals surface area contributed by atoms with Gasteiger partial charge in [0.05, 0.1) is 21.7 Å². The zero-order valence-corrected chi connectivity index (χ0v) is 20.8. The summed E-state index contributed by atoms with van der Waals surface area (Å²) < 4.78 is 1.66. The second-order valence-corrected chi connectivity index (χ2v) is 9.16. The molecule has 2 heterocycles. The topological polar surface area (TPSA) is 97.1 Å². The summed E-state index contributed by atoms with van der Waals surface area (Å²) in [6.07, 6.45) is 1.46. The molecule has 2 aromatic heterocycles. The van der Waals surface area contributed by atoms with Crippen molar-refractivity contribution in [1.29, 1.82) is 0 Å². The summed E-state index contributed by atoms with van der Waals surface area (Å²) in [5, 5.41) is 18.2. The van der Waals surface area contributed by atoms with Crippen molar-refractivity contribution >= 4 is 46.1 Å². The average Bonchev–Trinajstić information content (AvgIpc) is 3.30. The Kier molecular flexibility index (Phi) is 6.90. The zero-order chi connectivity index (χ0) is 25.9. The largest absolute Gasteiger partial charge is 0.480 e. The molecular weight excluding hydrogens is 511 g/mol. The minimum atomic E-state index is -1.15. The fourth-order valence-corrected chi connectivity index (χ4v) is 4.49. The van der Waals surface area contributed by atoms with Crippen LogP contribution in [0, 0.1) is 0 Å². The Morgan fingerprint density at radius 3 is 2.22 bits per heavy atom. The van der Waals surface area contributed by atoms with Crippen molar-refractivity contribution in [3.63, 3.8) is 0 Å². The first kappa shape index (κ1) is 24.5. The number of carbonyl (C=O) groups excluding carboxylic acids is 1.